The van der Waals surface area contributed by atoms with E-state index in [4.69, 9.17) is 9.47 Å². The molecule has 3 aliphatic rings. The van der Waals surface area contributed by atoms with Crippen molar-refractivity contribution in [3.63, 3.8) is 0 Å². The average Bonchev–Trinajstić information content (AvgIpc) is 3.64. The molecule has 2 heterocycles. The van der Waals surface area contributed by atoms with Crippen molar-refractivity contribution in [1.82, 2.24) is 9.80 Å². The van der Waals surface area contributed by atoms with Crippen LogP contribution in [0.5, 0.6) is 11.5 Å². The fraction of sp³-hybridized carbons (Fsp3) is 0.500. The van der Waals surface area contributed by atoms with E-state index < -0.39 is 0 Å². The Kier molecular flexibility index (Phi) is 5.61. The van der Waals surface area contributed by atoms with Gasteiger partial charge >= 0.3 is 0 Å². The molecular formula is C26H32N2O3. The molecule has 2 aliphatic heterocycles. The van der Waals surface area contributed by atoms with Gasteiger partial charge in [0.2, 0.25) is 5.91 Å². The molecule has 0 unspecified atom stereocenters. The number of carbonyl (C=O) groups excluding carboxylic acids is 1. The minimum absolute atomic E-state index is 0.232. The highest BCUT2D eigenvalue weighted by molar-refractivity contribution is 5.91. The highest BCUT2D eigenvalue weighted by Crippen LogP contribution is 2.50. The normalized spacial score (nSPS) is 20.4. The fourth-order valence-electron chi connectivity index (χ4n) is 5.06. The van der Waals surface area contributed by atoms with Crippen molar-refractivity contribution in [2.45, 2.75) is 50.6 Å². The summed E-state index contributed by atoms with van der Waals surface area (Å²) in [6, 6.07) is 14.5. The van der Waals surface area contributed by atoms with Crippen LogP contribution >= 0.6 is 0 Å². The number of carbonyl (C=O) groups is 1. The molecule has 2 fully saturated rings. The Morgan fingerprint density at radius 1 is 1.03 bits per heavy atom. The van der Waals surface area contributed by atoms with E-state index >= 15 is 0 Å². The van der Waals surface area contributed by atoms with Gasteiger partial charge in [-0.15, -0.1) is 0 Å². The van der Waals surface area contributed by atoms with Crippen LogP contribution in [0.15, 0.2) is 42.5 Å². The summed E-state index contributed by atoms with van der Waals surface area (Å²) < 4.78 is 11.3. The van der Waals surface area contributed by atoms with Crippen molar-refractivity contribution >= 4 is 5.91 Å². The molecule has 0 N–H and O–H groups in total. The topological polar surface area (TPSA) is 42.0 Å². The molecule has 164 valence electrons. The molecule has 2 aromatic carbocycles. The molecule has 0 spiro atoms. The van der Waals surface area contributed by atoms with Crippen LogP contribution in [0.2, 0.25) is 0 Å². The van der Waals surface area contributed by atoms with E-state index in [1.54, 1.807) is 7.11 Å². The molecule has 1 saturated heterocycles. The number of amides is 1. The number of hydrogen-bond acceptors (Lipinski definition) is 4. The Hall–Kier alpha value is -2.53. The molecule has 1 amide bonds. The third kappa shape index (κ3) is 4.16. The van der Waals surface area contributed by atoms with E-state index in [0.29, 0.717) is 19.7 Å². The largest absolute Gasteiger partial charge is 0.497 e. The third-order valence-corrected chi connectivity index (χ3v) is 7.05. The summed E-state index contributed by atoms with van der Waals surface area (Å²) >= 11 is 0. The van der Waals surface area contributed by atoms with E-state index in [-0.39, 0.29) is 11.3 Å². The maximum absolute atomic E-state index is 13.6. The van der Waals surface area contributed by atoms with E-state index in [0.717, 1.165) is 42.0 Å². The molecule has 5 nitrogen and oxygen atoms in total. The first-order chi connectivity index (χ1) is 15.2. The van der Waals surface area contributed by atoms with Crippen LogP contribution in [0.4, 0.5) is 0 Å². The maximum atomic E-state index is 13.6. The van der Waals surface area contributed by atoms with Gasteiger partial charge in [-0.2, -0.15) is 0 Å². The Labute approximate surface area is 184 Å². The minimum Gasteiger partial charge on any atom is -0.497 e. The lowest BCUT2D eigenvalue weighted by Crippen LogP contribution is -2.40. The van der Waals surface area contributed by atoms with Crippen LogP contribution < -0.4 is 9.47 Å². The lowest BCUT2D eigenvalue weighted by Gasteiger charge is -2.27. The van der Waals surface area contributed by atoms with Crippen LogP contribution in [0, 0.1) is 0 Å². The standard InChI is InChI=1S/C26H32N2O3/c1-30-23-8-6-22(7-9-23)26(11-12-26)25(29)28-15-16-31-24-10-5-20(17-21(24)19-28)18-27-13-3-2-4-14-27/h5-10,17H,2-4,11-16,18-19H2,1H3. The van der Waals surface area contributed by atoms with Gasteiger partial charge in [-0.05, 0) is 74.2 Å². The molecule has 0 radical (unpaired) electrons. The zero-order chi connectivity index (χ0) is 21.3. The van der Waals surface area contributed by atoms with Crippen LogP contribution in [0.25, 0.3) is 0 Å². The first-order valence-electron chi connectivity index (χ1n) is 11.6. The summed E-state index contributed by atoms with van der Waals surface area (Å²) in [5, 5.41) is 0. The summed E-state index contributed by atoms with van der Waals surface area (Å²) in [5.41, 5.74) is 3.17. The quantitative estimate of drug-likeness (QED) is 0.729. The lowest BCUT2D eigenvalue weighted by molar-refractivity contribution is -0.134. The molecule has 1 aliphatic carbocycles. The third-order valence-electron chi connectivity index (χ3n) is 7.05. The highest BCUT2D eigenvalue weighted by atomic mass is 16.5. The van der Waals surface area contributed by atoms with Crippen LogP contribution in [-0.4, -0.2) is 49.1 Å². The Morgan fingerprint density at radius 3 is 2.52 bits per heavy atom. The van der Waals surface area contributed by atoms with Crippen molar-refractivity contribution in [1.29, 1.82) is 0 Å². The molecule has 0 bridgehead atoms. The smallest absolute Gasteiger partial charge is 0.233 e. The van der Waals surface area contributed by atoms with Crippen molar-refractivity contribution < 1.29 is 14.3 Å². The monoisotopic (exact) mass is 420 g/mol. The van der Waals surface area contributed by atoms with Gasteiger partial charge in [-0.25, -0.2) is 0 Å². The SMILES string of the molecule is COc1ccc(C2(C(=O)N3CCOc4ccc(CN5CCCCC5)cc4C3)CC2)cc1. The molecule has 0 aromatic heterocycles. The molecule has 5 rings (SSSR count). The second-order valence-electron chi connectivity index (χ2n) is 9.16. The zero-order valence-corrected chi connectivity index (χ0v) is 18.4. The fourth-order valence-corrected chi connectivity index (χ4v) is 5.06. The number of likely N-dealkylation sites (tertiary alicyclic amines) is 1. The Balaban J connectivity index is 1.33. The van der Waals surface area contributed by atoms with Gasteiger partial charge in [0.1, 0.15) is 18.1 Å². The first-order valence-corrected chi connectivity index (χ1v) is 11.6. The summed E-state index contributed by atoms with van der Waals surface area (Å²) in [7, 11) is 1.67. The van der Waals surface area contributed by atoms with Crippen LogP contribution in [0.1, 0.15) is 48.8 Å². The minimum atomic E-state index is -0.373. The predicted molar refractivity (Wildman–Crippen MR) is 120 cm³/mol. The van der Waals surface area contributed by atoms with Crippen LogP contribution in [-0.2, 0) is 23.3 Å². The molecule has 5 heteroatoms. The van der Waals surface area contributed by atoms with Crippen molar-refractivity contribution in [2.24, 2.45) is 0 Å². The van der Waals surface area contributed by atoms with E-state index in [1.165, 1.54) is 37.9 Å². The Bertz CT molecular complexity index is 930. The first kappa shape index (κ1) is 20.4. The van der Waals surface area contributed by atoms with Crippen molar-refractivity contribution in [3.05, 3.63) is 59.2 Å². The van der Waals surface area contributed by atoms with Gasteiger partial charge < -0.3 is 14.4 Å². The second-order valence-corrected chi connectivity index (χ2v) is 9.16. The van der Waals surface area contributed by atoms with Gasteiger partial charge in [0.15, 0.2) is 0 Å². The number of rotatable bonds is 5. The zero-order valence-electron chi connectivity index (χ0n) is 18.4. The number of nitrogens with zero attached hydrogens (tertiary/aromatic N) is 2. The number of fused-ring (bicyclic) bond motifs is 1. The second kappa shape index (κ2) is 8.54. The van der Waals surface area contributed by atoms with E-state index in [9.17, 15) is 4.79 Å². The summed E-state index contributed by atoms with van der Waals surface area (Å²) in [5.74, 6) is 1.98. The summed E-state index contributed by atoms with van der Waals surface area (Å²) in [6.07, 6.45) is 5.77. The number of piperidine rings is 1. The van der Waals surface area contributed by atoms with E-state index in [1.807, 2.05) is 29.2 Å². The van der Waals surface area contributed by atoms with E-state index in [2.05, 4.69) is 23.1 Å². The molecule has 2 aromatic rings. The molecule has 31 heavy (non-hydrogen) atoms. The number of hydrogen-bond donors (Lipinski definition) is 0. The molecule has 0 atom stereocenters. The van der Waals surface area contributed by atoms with Crippen molar-refractivity contribution in [3.8, 4) is 11.5 Å². The van der Waals surface area contributed by atoms with Crippen LogP contribution in [0.3, 0.4) is 0 Å². The highest BCUT2D eigenvalue weighted by Gasteiger charge is 2.53. The van der Waals surface area contributed by atoms with Gasteiger partial charge in [-0.1, -0.05) is 24.6 Å². The molecule has 1 saturated carbocycles. The maximum Gasteiger partial charge on any atom is 0.233 e. The van der Waals surface area contributed by atoms with Gasteiger partial charge in [-0.3, -0.25) is 9.69 Å². The number of ether oxygens (including phenoxy) is 2. The predicted octanol–water partition coefficient (Wildman–Crippen LogP) is 4.13. The average molecular weight is 421 g/mol. The molecular weight excluding hydrogens is 388 g/mol. The number of benzene rings is 2. The number of methoxy groups -OCH3 is 1. The van der Waals surface area contributed by atoms with Gasteiger partial charge in [0.05, 0.1) is 19.1 Å². The van der Waals surface area contributed by atoms with Gasteiger partial charge in [0, 0.05) is 18.7 Å². The van der Waals surface area contributed by atoms with Gasteiger partial charge in [0.25, 0.3) is 0 Å². The summed E-state index contributed by atoms with van der Waals surface area (Å²) in [6.45, 7) is 5.15. The van der Waals surface area contributed by atoms with Crippen molar-refractivity contribution in [2.75, 3.05) is 33.4 Å². The lowest BCUT2D eigenvalue weighted by atomic mass is 9.94. The summed E-state index contributed by atoms with van der Waals surface area (Å²) in [4.78, 5) is 18.2. The Morgan fingerprint density at radius 2 is 1.81 bits per heavy atom.